The lowest BCUT2D eigenvalue weighted by Gasteiger charge is -2.36. The van der Waals surface area contributed by atoms with Crippen molar-refractivity contribution in [2.24, 2.45) is 5.92 Å². The van der Waals surface area contributed by atoms with E-state index >= 15 is 0 Å². The molecule has 1 atom stereocenters. The molecule has 0 spiro atoms. The average molecular weight is 494 g/mol. The van der Waals surface area contributed by atoms with Crippen molar-refractivity contribution in [3.8, 4) is 11.5 Å². The zero-order chi connectivity index (χ0) is 24.9. The van der Waals surface area contributed by atoms with Gasteiger partial charge in [0.1, 0.15) is 13.2 Å². The summed E-state index contributed by atoms with van der Waals surface area (Å²) in [5.41, 5.74) is 6.88. The van der Waals surface area contributed by atoms with Crippen molar-refractivity contribution in [3.63, 3.8) is 0 Å². The summed E-state index contributed by atoms with van der Waals surface area (Å²) in [7, 11) is 0. The van der Waals surface area contributed by atoms with Crippen molar-refractivity contribution in [1.82, 2.24) is 15.8 Å². The van der Waals surface area contributed by atoms with Crippen molar-refractivity contribution in [1.29, 1.82) is 0 Å². The number of fused-ring (bicyclic) bond motifs is 1. The molecule has 10 heteroatoms. The minimum absolute atomic E-state index is 0.0852. The number of rotatable bonds is 6. The second kappa shape index (κ2) is 10.9. The number of hydrazine groups is 1. The number of benzene rings is 2. The Hall–Kier alpha value is -3.79. The van der Waals surface area contributed by atoms with Crippen LogP contribution in [0.15, 0.2) is 48.5 Å². The van der Waals surface area contributed by atoms with E-state index in [1.54, 1.807) is 23.1 Å². The van der Waals surface area contributed by atoms with Crippen molar-refractivity contribution in [2.45, 2.75) is 12.8 Å². The Morgan fingerprint density at radius 3 is 2.42 bits per heavy atom. The molecule has 0 radical (unpaired) electrons. The number of amides is 3. The van der Waals surface area contributed by atoms with Crippen LogP contribution in [-0.4, -0.2) is 75.1 Å². The number of hydrogen-bond acceptors (Lipinski definition) is 7. The van der Waals surface area contributed by atoms with Gasteiger partial charge in [0.15, 0.2) is 11.5 Å². The Labute approximate surface area is 210 Å². The highest BCUT2D eigenvalue weighted by atomic mass is 16.6. The van der Waals surface area contributed by atoms with E-state index in [9.17, 15) is 14.4 Å². The third kappa shape index (κ3) is 5.54. The first-order valence-electron chi connectivity index (χ1n) is 12.4. The predicted molar refractivity (Wildman–Crippen MR) is 134 cm³/mol. The zero-order valence-electron chi connectivity index (χ0n) is 20.2. The van der Waals surface area contributed by atoms with E-state index in [0.29, 0.717) is 43.4 Å². The molecule has 0 aliphatic carbocycles. The molecule has 10 nitrogen and oxygen atoms in total. The van der Waals surface area contributed by atoms with Gasteiger partial charge in [-0.25, -0.2) is 0 Å². The molecule has 0 bridgehead atoms. The minimum Gasteiger partial charge on any atom is -0.486 e. The summed E-state index contributed by atoms with van der Waals surface area (Å²) in [5, 5.41) is 0. The molecule has 3 heterocycles. The quantitative estimate of drug-likeness (QED) is 0.583. The van der Waals surface area contributed by atoms with Crippen LogP contribution in [0.4, 0.5) is 11.4 Å². The van der Waals surface area contributed by atoms with Gasteiger partial charge >= 0.3 is 0 Å². The number of ether oxygens (including phenoxy) is 2. The third-order valence-corrected chi connectivity index (χ3v) is 6.81. The van der Waals surface area contributed by atoms with E-state index in [1.165, 1.54) is 5.69 Å². The van der Waals surface area contributed by atoms with E-state index in [0.717, 1.165) is 26.2 Å². The highest BCUT2D eigenvalue weighted by molar-refractivity contribution is 6.00. The number of nitrogens with one attached hydrogen (secondary N) is 2. The maximum atomic E-state index is 12.6. The van der Waals surface area contributed by atoms with Gasteiger partial charge in [-0.3, -0.25) is 30.1 Å². The Balaban J connectivity index is 1.03. The molecule has 2 aromatic rings. The first kappa shape index (κ1) is 23.9. The maximum absolute atomic E-state index is 12.6. The fraction of sp³-hybridized carbons (Fsp3) is 0.423. The average Bonchev–Trinajstić information content (AvgIpc) is 3.32. The number of nitrogens with zero attached hydrogens (tertiary/aromatic N) is 3. The summed E-state index contributed by atoms with van der Waals surface area (Å²) in [4.78, 5) is 43.7. The molecule has 2 aromatic carbocycles. The van der Waals surface area contributed by atoms with Gasteiger partial charge in [0.25, 0.3) is 0 Å². The van der Waals surface area contributed by atoms with E-state index in [2.05, 4.69) is 32.8 Å². The number of hydrogen-bond donors (Lipinski definition) is 2. The largest absolute Gasteiger partial charge is 0.486 e. The molecule has 3 amide bonds. The van der Waals surface area contributed by atoms with Gasteiger partial charge in [0.2, 0.25) is 17.7 Å². The van der Waals surface area contributed by atoms with Crippen molar-refractivity contribution >= 4 is 29.1 Å². The highest BCUT2D eigenvalue weighted by Crippen LogP contribution is 2.36. The Bertz CT molecular complexity index is 1100. The molecule has 0 unspecified atom stereocenters. The molecule has 5 rings (SSSR count). The number of carbonyl (C=O) groups excluding carboxylic acids is 3. The summed E-state index contributed by atoms with van der Waals surface area (Å²) >= 11 is 0. The maximum Gasteiger partial charge on any atom is 0.243 e. The minimum atomic E-state index is -0.544. The highest BCUT2D eigenvalue weighted by Gasteiger charge is 2.35. The van der Waals surface area contributed by atoms with Crippen LogP contribution in [0.1, 0.15) is 12.8 Å². The predicted octanol–water partition coefficient (Wildman–Crippen LogP) is 1.17. The standard InChI is InChI=1S/C26H31N5O5/c32-24(8-9-29-10-12-30(13-11-29)20-4-2-1-3-5-20)27-28-26(34)19-16-25(33)31(18-19)21-6-7-22-23(17-21)36-15-14-35-22/h1-7,17,19H,8-16,18H2,(H,27,32)(H,28,34)/t19-/m1/s1. The van der Waals surface area contributed by atoms with Gasteiger partial charge in [-0.15, -0.1) is 0 Å². The van der Waals surface area contributed by atoms with E-state index < -0.39 is 5.92 Å². The smallest absolute Gasteiger partial charge is 0.243 e. The number of piperazine rings is 1. The summed E-state index contributed by atoms with van der Waals surface area (Å²) in [5.74, 6) is -0.0696. The Morgan fingerprint density at radius 2 is 1.64 bits per heavy atom. The molecule has 3 aliphatic rings. The topological polar surface area (TPSA) is 103 Å². The van der Waals surface area contributed by atoms with Crippen molar-refractivity contribution in [2.75, 3.05) is 62.3 Å². The van der Waals surface area contributed by atoms with Crippen molar-refractivity contribution < 1.29 is 23.9 Å². The van der Waals surface area contributed by atoms with Crippen LogP contribution in [-0.2, 0) is 14.4 Å². The van der Waals surface area contributed by atoms with Gasteiger partial charge in [-0.1, -0.05) is 18.2 Å². The number of anilines is 2. The molecule has 3 aliphatic heterocycles. The molecule has 2 fully saturated rings. The fourth-order valence-corrected chi connectivity index (χ4v) is 4.76. The van der Waals surface area contributed by atoms with Crippen LogP contribution in [0.5, 0.6) is 11.5 Å². The third-order valence-electron chi connectivity index (χ3n) is 6.81. The first-order chi connectivity index (χ1) is 17.6. The normalized spacial score (nSPS) is 19.8. The van der Waals surface area contributed by atoms with E-state index in [4.69, 9.17) is 9.47 Å². The van der Waals surface area contributed by atoms with Crippen LogP contribution in [0.3, 0.4) is 0 Å². The monoisotopic (exact) mass is 493 g/mol. The molecule has 0 saturated carbocycles. The van der Waals surface area contributed by atoms with Gasteiger partial charge in [-0.05, 0) is 24.3 Å². The van der Waals surface area contributed by atoms with E-state index in [-0.39, 0.29) is 30.7 Å². The Kier molecular flexibility index (Phi) is 7.22. The zero-order valence-corrected chi connectivity index (χ0v) is 20.2. The Morgan fingerprint density at radius 1 is 0.889 bits per heavy atom. The van der Waals surface area contributed by atoms with Gasteiger partial charge in [0.05, 0.1) is 5.92 Å². The molecule has 2 N–H and O–H groups in total. The second-order valence-corrected chi connectivity index (χ2v) is 9.19. The van der Waals surface area contributed by atoms with Crippen LogP contribution in [0.2, 0.25) is 0 Å². The van der Waals surface area contributed by atoms with E-state index in [1.807, 2.05) is 18.2 Å². The SMILES string of the molecule is O=C(CCN1CCN(c2ccccc2)CC1)NNC(=O)[C@@H]1CC(=O)N(c2ccc3c(c2)OCCO3)C1. The summed E-state index contributed by atoms with van der Waals surface area (Å²) in [6, 6.07) is 15.6. The summed E-state index contributed by atoms with van der Waals surface area (Å²) in [6.45, 7) is 5.42. The summed E-state index contributed by atoms with van der Waals surface area (Å²) in [6.07, 6.45) is 0.375. The fourth-order valence-electron chi connectivity index (χ4n) is 4.76. The number of carbonyl (C=O) groups is 3. The lowest BCUT2D eigenvalue weighted by Crippen LogP contribution is -2.49. The van der Waals surface area contributed by atoms with Gasteiger partial charge in [0, 0.05) is 69.6 Å². The molecule has 36 heavy (non-hydrogen) atoms. The van der Waals surface area contributed by atoms with Crippen LogP contribution in [0.25, 0.3) is 0 Å². The van der Waals surface area contributed by atoms with Gasteiger partial charge in [-0.2, -0.15) is 0 Å². The first-order valence-corrected chi connectivity index (χ1v) is 12.4. The summed E-state index contributed by atoms with van der Waals surface area (Å²) < 4.78 is 11.1. The molecule has 0 aromatic heterocycles. The van der Waals surface area contributed by atoms with Crippen LogP contribution < -0.4 is 30.1 Å². The molecular weight excluding hydrogens is 462 g/mol. The molecule has 190 valence electrons. The van der Waals surface area contributed by atoms with Crippen LogP contribution in [0, 0.1) is 5.92 Å². The lowest BCUT2D eigenvalue weighted by molar-refractivity contribution is -0.131. The lowest BCUT2D eigenvalue weighted by atomic mass is 10.1. The van der Waals surface area contributed by atoms with Gasteiger partial charge < -0.3 is 19.3 Å². The second-order valence-electron chi connectivity index (χ2n) is 9.19. The van der Waals surface area contributed by atoms with Crippen LogP contribution >= 0.6 is 0 Å². The van der Waals surface area contributed by atoms with Crippen molar-refractivity contribution in [3.05, 3.63) is 48.5 Å². The molecular formula is C26H31N5O5. The number of para-hydroxylation sites is 1. The molecule has 2 saturated heterocycles.